The molecule has 0 spiro atoms. The molecule has 3 saturated carbocycles. The standard InChI is InChI=1S/C36H42FNO6S/c1-20(2)38-23-8-5-21(6-9-23)15-25-10-12-28(45-25)32-43-31-17-27-26-11-7-22-16-24(40)13-14-33(22,3)35(26,37)29(41)18-34(27,4)36(31,44-32)30(42)19-39/h5-6,8-10,12-14,16,20,26-27,29,31-32,38-39,41H,7,11,15,17-19H2,1-4H3/t26-,27-,29-,31+,32+,33-,34-,35-,36+/m0/s1. The van der Waals surface area contributed by atoms with Crippen molar-refractivity contribution in [3.63, 3.8) is 0 Å². The van der Waals surface area contributed by atoms with Crippen LogP contribution in [0.5, 0.6) is 0 Å². The van der Waals surface area contributed by atoms with Crippen LogP contribution < -0.4 is 5.32 Å². The van der Waals surface area contributed by atoms with E-state index in [4.69, 9.17) is 9.47 Å². The van der Waals surface area contributed by atoms with E-state index in [1.54, 1.807) is 24.3 Å². The predicted octanol–water partition coefficient (Wildman–Crippen LogP) is 5.85. The lowest BCUT2D eigenvalue weighted by molar-refractivity contribution is -0.231. The lowest BCUT2D eigenvalue weighted by Crippen LogP contribution is -2.69. The van der Waals surface area contributed by atoms with Crippen LogP contribution in [0.1, 0.15) is 75.0 Å². The Bertz CT molecular complexity index is 1580. The van der Waals surface area contributed by atoms with Gasteiger partial charge in [-0.15, -0.1) is 11.3 Å². The lowest BCUT2D eigenvalue weighted by Gasteiger charge is -2.62. The summed E-state index contributed by atoms with van der Waals surface area (Å²) in [6.07, 6.45) is 3.72. The molecule has 3 N–H and O–H groups in total. The lowest BCUT2D eigenvalue weighted by atomic mass is 9.44. The van der Waals surface area contributed by atoms with Crippen molar-refractivity contribution in [1.82, 2.24) is 0 Å². The number of thiophene rings is 1. The highest BCUT2D eigenvalue weighted by Gasteiger charge is 2.79. The molecular formula is C36H42FNO6S. The van der Waals surface area contributed by atoms with Gasteiger partial charge in [0, 0.05) is 39.8 Å². The number of anilines is 1. The first-order chi connectivity index (χ1) is 21.4. The summed E-state index contributed by atoms with van der Waals surface area (Å²) in [5, 5.41) is 25.4. The summed E-state index contributed by atoms with van der Waals surface area (Å²) in [4.78, 5) is 27.9. The Morgan fingerprint density at radius 1 is 1.16 bits per heavy atom. The summed E-state index contributed by atoms with van der Waals surface area (Å²) in [5.41, 5.74) is -2.67. The molecule has 45 heavy (non-hydrogen) atoms. The summed E-state index contributed by atoms with van der Waals surface area (Å²) in [6.45, 7) is 7.16. The Labute approximate surface area is 267 Å². The molecule has 4 fully saturated rings. The van der Waals surface area contributed by atoms with Gasteiger partial charge in [0.15, 0.2) is 29.1 Å². The number of hydrogen-bond acceptors (Lipinski definition) is 8. The van der Waals surface area contributed by atoms with E-state index < -0.39 is 58.9 Å². The molecule has 9 atom stereocenters. The van der Waals surface area contributed by atoms with E-state index in [0.717, 1.165) is 21.9 Å². The van der Waals surface area contributed by atoms with Gasteiger partial charge in [0.25, 0.3) is 0 Å². The van der Waals surface area contributed by atoms with E-state index in [0.29, 0.717) is 30.9 Å². The van der Waals surface area contributed by atoms with Crippen molar-refractivity contribution in [3.05, 3.63) is 75.5 Å². The Kier molecular flexibility index (Phi) is 7.34. The molecule has 0 unspecified atom stereocenters. The highest BCUT2D eigenvalue weighted by atomic mass is 32.1. The Balaban J connectivity index is 1.16. The van der Waals surface area contributed by atoms with Gasteiger partial charge in [-0.2, -0.15) is 0 Å². The van der Waals surface area contributed by atoms with Crippen molar-refractivity contribution in [2.45, 2.75) is 95.6 Å². The molecule has 7 rings (SSSR count). The van der Waals surface area contributed by atoms with Crippen molar-refractivity contribution in [2.24, 2.45) is 22.7 Å². The van der Waals surface area contributed by atoms with Gasteiger partial charge in [-0.05, 0) is 94.4 Å². The molecule has 9 heteroatoms. The molecule has 1 aliphatic heterocycles. The first-order valence-corrected chi connectivity index (χ1v) is 16.9. The summed E-state index contributed by atoms with van der Waals surface area (Å²) in [6, 6.07) is 12.7. The highest BCUT2D eigenvalue weighted by Crippen LogP contribution is 2.72. The second kappa shape index (κ2) is 10.7. The number of allylic oxidation sites excluding steroid dienone is 4. The van der Waals surface area contributed by atoms with Gasteiger partial charge in [-0.3, -0.25) is 9.59 Å². The number of hydrogen-bond donors (Lipinski definition) is 3. The maximum Gasteiger partial charge on any atom is 0.194 e. The number of fused-ring (bicyclic) bond motifs is 7. The number of ketones is 2. The Morgan fingerprint density at radius 2 is 1.91 bits per heavy atom. The molecule has 1 aromatic heterocycles. The zero-order valence-electron chi connectivity index (χ0n) is 26.2. The molecule has 1 saturated heterocycles. The van der Waals surface area contributed by atoms with Crippen LogP contribution in [0, 0.1) is 22.7 Å². The number of aliphatic hydroxyl groups excluding tert-OH is 2. The number of Topliss-reactive ketones (excluding diaryl/α,β-unsaturated/α-hetero) is 1. The quantitative estimate of drug-likeness (QED) is 0.351. The van der Waals surface area contributed by atoms with Crippen molar-refractivity contribution in [1.29, 1.82) is 0 Å². The third kappa shape index (κ3) is 4.34. The molecular weight excluding hydrogens is 593 g/mol. The fraction of sp³-hybridized carbons (Fsp3) is 0.556. The van der Waals surface area contributed by atoms with Crippen LogP contribution in [0.2, 0.25) is 0 Å². The fourth-order valence-corrected chi connectivity index (χ4v) is 10.6. The van der Waals surface area contributed by atoms with E-state index in [1.165, 1.54) is 17.7 Å². The summed E-state index contributed by atoms with van der Waals surface area (Å²) >= 11 is 1.56. The maximum absolute atomic E-state index is 17.6. The topological polar surface area (TPSA) is 105 Å². The zero-order chi connectivity index (χ0) is 31.9. The van der Waals surface area contributed by atoms with Crippen molar-refractivity contribution >= 4 is 28.6 Å². The monoisotopic (exact) mass is 635 g/mol. The van der Waals surface area contributed by atoms with E-state index in [2.05, 4.69) is 43.4 Å². The number of ether oxygens (including phenoxy) is 2. The van der Waals surface area contributed by atoms with Crippen LogP contribution in [-0.2, 0) is 25.5 Å². The third-order valence-corrected chi connectivity index (χ3v) is 12.7. The number of nitrogens with one attached hydrogen (secondary N) is 1. The second-order valence-corrected chi connectivity index (χ2v) is 15.6. The van der Waals surface area contributed by atoms with E-state index in [9.17, 15) is 19.8 Å². The molecule has 0 radical (unpaired) electrons. The second-order valence-electron chi connectivity index (χ2n) is 14.4. The zero-order valence-corrected chi connectivity index (χ0v) is 27.0. The van der Waals surface area contributed by atoms with Crippen molar-refractivity contribution in [2.75, 3.05) is 11.9 Å². The molecule has 2 aromatic rings. The van der Waals surface area contributed by atoms with Gasteiger partial charge in [0.1, 0.15) is 6.61 Å². The summed E-state index contributed by atoms with van der Waals surface area (Å²) < 4.78 is 30.8. The minimum absolute atomic E-state index is 0.0228. The highest BCUT2D eigenvalue weighted by molar-refractivity contribution is 7.12. The molecule has 1 aromatic carbocycles. The maximum atomic E-state index is 17.6. The number of carbonyl (C=O) groups excluding carboxylic acids is 2. The van der Waals surface area contributed by atoms with Gasteiger partial charge in [0.2, 0.25) is 0 Å². The number of aliphatic hydroxyl groups is 2. The number of alkyl halides is 1. The average Bonchev–Trinajstić information content (AvgIpc) is 3.68. The molecule has 7 nitrogen and oxygen atoms in total. The molecule has 240 valence electrons. The Hall–Kier alpha value is -2.69. The third-order valence-electron chi connectivity index (χ3n) is 11.6. The van der Waals surface area contributed by atoms with Gasteiger partial charge < -0.3 is 25.0 Å². The van der Waals surface area contributed by atoms with Gasteiger partial charge in [-0.1, -0.05) is 30.7 Å². The molecule has 0 amide bonds. The smallest absolute Gasteiger partial charge is 0.194 e. The minimum atomic E-state index is -2.02. The van der Waals surface area contributed by atoms with Crippen LogP contribution in [0.3, 0.4) is 0 Å². The van der Waals surface area contributed by atoms with Gasteiger partial charge in [0.05, 0.1) is 17.1 Å². The SMILES string of the molecule is CC(C)Nc1ccc(Cc2ccc([C@@H]3O[C@@H]4C[C@H]5[C@@H]6CCC7=CC(=O)C=C[C@]7(C)[C@@]6(F)[C@@H](O)C[C@]5(C)[C@]4(C(=O)CO)O3)s2)cc1. The average molecular weight is 636 g/mol. The Morgan fingerprint density at radius 3 is 2.62 bits per heavy atom. The molecule has 4 aliphatic carbocycles. The molecule has 0 bridgehead atoms. The van der Waals surface area contributed by atoms with Crippen LogP contribution in [0.4, 0.5) is 10.1 Å². The van der Waals surface area contributed by atoms with Crippen LogP contribution in [-0.4, -0.2) is 57.9 Å². The summed E-state index contributed by atoms with van der Waals surface area (Å²) in [7, 11) is 0. The van der Waals surface area contributed by atoms with E-state index in [-0.39, 0.29) is 18.1 Å². The number of carbonyl (C=O) groups is 2. The van der Waals surface area contributed by atoms with Crippen LogP contribution in [0.25, 0.3) is 0 Å². The van der Waals surface area contributed by atoms with Crippen molar-refractivity contribution in [3.8, 4) is 0 Å². The fourth-order valence-electron chi connectivity index (χ4n) is 9.57. The van der Waals surface area contributed by atoms with Gasteiger partial charge in [-0.25, -0.2) is 4.39 Å². The predicted molar refractivity (Wildman–Crippen MR) is 170 cm³/mol. The van der Waals surface area contributed by atoms with Gasteiger partial charge >= 0.3 is 0 Å². The van der Waals surface area contributed by atoms with Crippen LogP contribution in [0.15, 0.2) is 60.2 Å². The first kappa shape index (κ1) is 30.9. The largest absolute Gasteiger partial charge is 0.390 e. The molecule has 5 aliphatic rings. The number of rotatable bonds is 7. The van der Waals surface area contributed by atoms with E-state index >= 15 is 4.39 Å². The number of benzene rings is 1. The number of halogens is 1. The van der Waals surface area contributed by atoms with Crippen molar-refractivity contribution < 1.29 is 33.7 Å². The van der Waals surface area contributed by atoms with Crippen LogP contribution >= 0.6 is 11.3 Å². The summed E-state index contributed by atoms with van der Waals surface area (Å²) in [5.74, 6) is -1.56. The normalized spacial score (nSPS) is 40.0. The van der Waals surface area contributed by atoms with E-state index in [1.807, 2.05) is 19.1 Å². The first-order valence-electron chi connectivity index (χ1n) is 16.1. The molecule has 2 heterocycles. The minimum Gasteiger partial charge on any atom is -0.390 e.